The van der Waals surface area contributed by atoms with Gasteiger partial charge in [-0.05, 0) is 110 Å². The highest BCUT2D eigenvalue weighted by molar-refractivity contribution is 6.26. The molecule has 0 fully saturated rings. The summed E-state index contributed by atoms with van der Waals surface area (Å²) in [6.45, 7) is 24.0. The lowest BCUT2D eigenvalue weighted by molar-refractivity contribution is -0.401. The van der Waals surface area contributed by atoms with Crippen molar-refractivity contribution in [3.05, 3.63) is 189 Å². The van der Waals surface area contributed by atoms with Crippen molar-refractivity contribution in [1.29, 1.82) is 0 Å². The van der Waals surface area contributed by atoms with Gasteiger partial charge in [-0.25, -0.2) is 0 Å². The molecule has 0 amide bonds. The fourth-order valence-electron chi connectivity index (χ4n) is 15.6. The zero-order valence-electron chi connectivity index (χ0n) is 51.9. The zero-order chi connectivity index (χ0) is 59.4. The Morgan fingerprint density at radius 3 is 1.18 bits per heavy atom. The van der Waals surface area contributed by atoms with E-state index in [2.05, 4.69) is 199 Å². The second-order valence-electron chi connectivity index (χ2n) is 27.0. The van der Waals surface area contributed by atoms with E-state index in [1.165, 1.54) is 95.4 Å². The van der Waals surface area contributed by atoms with E-state index in [9.17, 15) is 19.8 Å². The van der Waals surface area contributed by atoms with E-state index in [0.29, 0.717) is 22.3 Å². The van der Waals surface area contributed by atoms with Gasteiger partial charge in [0.1, 0.15) is 25.6 Å². The molecule has 0 spiro atoms. The monoisotopic (exact) mass is 1120 g/mol. The molecule has 0 atom stereocenters. The molecule has 0 bridgehead atoms. The maximum absolute atomic E-state index is 14.6. The number of anilines is 2. The fraction of sp³-hybridized carbons (Fsp3) is 0.395. The minimum Gasteiger partial charge on any atom is -0.506 e. The van der Waals surface area contributed by atoms with Crippen molar-refractivity contribution in [2.75, 3.05) is 37.0 Å². The number of fused-ring (bicyclic) bond motifs is 11. The largest absolute Gasteiger partial charge is 0.506 e. The molecule has 2 aliphatic carbocycles. The molecule has 4 heterocycles. The van der Waals surface area contributed by atoms with E-state index in [1.807, 2.05) is 24.3 Å². The summed E-state index contributed by atoms with van der Waals surface area (Å²) in [5, 5.41) is 31.1. The van der Waals surface area contributed by atoms with Gasteiger partial charge >= 0.3 is 0 Å². The Kier molecular flexibility index (Phi) is 14.3. The molecule has 0 radical (unpaired) electrons. The number of hydrogen-bond acceptors (Lipinski definition) is 6. The number of rotatable bonds is 18. The molecule has 432 valence electrons. The van der Waals surface area contributed by atoms with Crippen molar-refractivity contribution < 1.29 is 29.0 Å². The number of ketones is 2. The van der Waals surface area contributed by atoms with Gasteiger partial charge in [0.05, 0.1) is 43.9 Å². The summed E-state index contributed by atoms with van der Waals surface area (Å²) < 4.78 is 4.41. The van der Waals surface area contributed by atoms with Crippen LogP contribution in [0, 0.1) is 0 Å². The van der Waals surface area contributed by atoms with E-state index < -0.39 is 21.7 Å². The molecule has 6 aliphatic rings. The number of aliphatic hydroxyl groups excluding tert-OH is 2. The van der Waals surface area contributed by atoms with Gasteiger partial charge in [0, 0.05) is 70.0 Å². The third-order valence-electron chi connectivity index (χ3n) is 20.3. The standard InChI is InChI=1S/C76H84N4O4/c1-13-15-17-19-21-27-41-79-59-39-33-47-29-23-25-31-49(47)65(59)75(7,8)63(79)45-55-69(81)53(70(55)82)43-61-73(3,4)57-37-35-52-51(67(57)77(61)11)36-38-58-68(52)78(12)62(74(58,5)6)44-54-71(83)56(72(54)84)46-64-76(9,10)66-50-32-26-24-30-48(50)34-40-60(66)80(64)42-28-22-20-18-16-14-2/h23-26,29-40,43-46H,13-22,27-28,41-42H2,1-12H3/p+2. The lowest BCUT2D eigenvalue weighted by atomic mass is 9.76. The van der Waals surface area contributed by atoms with Crippen LogP contribution >= 0.6 is 0 Å². The first-order chi connectivity index (χ1) is 40.2. The summed E-state index contributed by atoms with van der Waals surface area (Å²) in [6, 6.07) is 35.0. The maximum atomic E-state index is 14.6. The third-order valence-corrected chi connectivity index (χ3v) is 20.3. The van der Waals surface area contributed by atoms with Crippen molar-refractivity contribution in [1.82, 2.24) is 0 Å². The number of aliphatic hydroxyl groups is 2. The van der Waals surface area contributed by atoms with Crippen LogP contribution in [0.3, 0.4) is 0 Å². The van der Waals surface area contributed by atoms with Crippen LogP contribution < -0.4 is 9.80 Å². The predicted octanol–water partition coefficient (Wildman–Crippen LogP) is 17.9. The minimum absolute atomic E-state index is 0.0433. The van der Waals surface area contributed by atoms with Crippen molar-refractivity contribution in [2.24, 2.45) is 0 Å². The Balaban J connectivity index is 0.867. The van der Waals surface area contributed by atoms with Gasteiger partial charge in [-0.15, -0.1) is 0 Å². The normalized spacial score (nSPS) is 21.0. The molecule has 0 saturated carbocycles. The highest BCUT2D eigenvalue weighted by Crippen LogP contribution is 2.55. The number of carbonyl (C=O) groups is 2. The summed E-state index contributed by atoms with van der Waals surface area (Å²) in [6.07, 6.45) is 22.1. The molecule has 2 N–H and O–H groups in total. The number of allylic oxidation sites excluding steroid dienone is 10. The van der Waals surface area contributed by atoms with E-state index >= 15 is 0 Å². The molecule has 0 aromatic heterocycles. The number of unbranched alkanes of at least 4 members (excludes halogenated alkanes) is 10. The average Bonchev–Trinajstić information content (AvgIpc) is 1.82. The van der Waals surface area contributed by atoms with Crippen LogP contribution in [0.25, 0.3) is 32.3 Å². The fourth-order valence-corrected chi connectivity index (χ4v) is 15.6. The third kappa shape index (κ3) is 8.73. The molecule has 84 heavy (non-hydrogen) atoms. The van der Waals surface area contributed by atoms with Crippen LogP contribution in [0.15, 0.2) is 167 Å². The predicted molar refractivity (Wildman–Crippen MR) is 349 cm³/mol. The van der Waals surface area contributed by atoms with E-state index in [1.54, 1.807) is 0 Å². The molecule has 8 heteroatoms. The van der Waals surface area contributed by atoms with Gasteiger partial charge in [-0.2, -0.15) is 9.15 Å². The molecule has 0 saturated heterocycles. The average molecular weight is 1120 g/mol. The van der Waals surface area contributed by atoms with Gasteiger partial charge in [0.15, 0.2) is 11.4 Å². The Bertz CT molecular complexity index is 3820. The lowest BCUT2D eigenvalue weighted by Gasteiger charge is -2.29. The summed E-state index contributed by atoms with van der Waals surface area (Å²) >= 11 is 0. The maximum Gasteiger partial charge on any atom is 0.217 e. The zero-order valence-corrected chi connectivity index (χ0v) is 51.9. The molecule has 0 unspecified atom stereocenters. The van der Waals surface area contributed by atoms with Gasteiger partial charge < -0.3 is 20.0 Å². The molecule has 4 aliphatic heterocycles. The minimum atomic E-state index is -0.493. The van der Waals surface area contributed by atoms with Gasteiger partial charge in [0.2, 0.25) is 22.9 Å². The number of hydrogen-bond donors (Lipinski definition) is 2. The van der Waals surface area contributed by atoms with Crippen LogP contribution in [0.1, 0.15) is 169 Å². The lowest BCUT2D eigenvalue weighted by Crippen LogP contribution is -2.32. The quantitative estimate of drug-likeness (QED) is 0.0507. The molecule has 12 rings (SSSR count). The van der Waals surface area contributed by atoms with Crippen LogP contribution in [-0.4, -0.2) is 69.5 Å². The Labute approximate surface area is 498 Å². The van der Waals surface area contributed by atoms with Crippen molar-refractivity contribution in [3.8, 4) is 0 Å². The SMILES string of the molecule is CCCCCCCCN1/C(=C\C2=C(O)C(=C/C3=[N+](C)c4c(ccc5c6c(ccc45)C(C)(C)C(/C=C4/C(=O)C(/C=C5\N(CCCCCCCC)c7ccc8ccccc8c7C5(C)C)=C4O)=[N+]6C)C3(C)C)/C2=O)C(C)(C)c2c1ccc1ccccc21. The Hall–Kier alpha value is -7.58. The smallest absolute Gasteiger partial charge is 0.217 e. The molecule has 6 aromatic rings. The molecular weight excluding hydrogens is 1030 g/mol. The number of Topliss-reactive ketones (excluding diaryl/α,β-unsaturated/α-hetero) is 2. The summed E-state index contributed by atoms with van der Waals surface area (Å²) in [4.78, 5) is 34.0. The van der Waals surface area contributed by atoms with Crippen molar-refractivity contribution in [3.63, 3.8) is 0 Å². The Morgan fingerprint density at radius 1 is 0.429 bits per heavy atom. The number of benzene rings is 6. The highest BCUT2D eigenvalue weighted by atomic mass is 16.3. The topological polar surface area (TPSA) is 87.1 Å². The van der Waals surface area contributed by atoms with Crippen molar-refractivity contribution in [2.45, 2.75) is 168 Å². The van der Waals surface area contributed by atoms with Crippen LogP contribution in [0.4, 0.5) is 22.7 Å². The first-order valence-corrected chi connectivity index (χ1v) is 31.4. The van der Waals surface area contributed by atoms with Gasteiger partial charge in [-0.1, -0.05) is 179 Å². The van der Waals surface area contributed by atoms with Crippen LogP contribution in [-0.2, 0) is 31.2 Å². The first kappa shape index (κ1) is 56.9. The summed E-state index contributed by atoms with van der Waals surface area (Å²) in [5.41, 5.74) is 12.9. The van der Waals surface area contributed by atoms with E-state index in [-0.39, 0.29) is 23.1 Å². The summed E-state index contributed by atoms with van der Waals surface area (Å²) in [5.74, 6) is -0.202. The van der Waals surface area contributed by atoms with E-state index in [4.69, 9.17) is 0 Å². The summed E-state index contributed by atoms with van der Waals surface area (Å²) in [7, 11) is 4.15. The van der Waals surface area contributed by atoms with Crippen molar-refractivity contribution >= 4 is 78.1 Å². The second kappa shape index (κ2) is 21.2. The highest BCUT2D eigenvalue weighted by Gasteiger charge is 2.51. The van der Waals surface area contributed by atoms with Crippen LogP contribution in [0.5, 0.6) is 0 Å². The van der Waals surface area contributed by atoms with E-state index in [0.717, 1.165) is 94.9 Å². The molecule has 8 nitrogen and oxygen atoms in total. The number of nitrogens with zero attached hydrogens (tertiary/aromatic N) is 4. The Morgan fingerprint density at radius 2 is 0.798 bits per heavy atom. The molecular formula is C76H86N4O4+2. The van der Waals surface area contributed by atoms with Crippen LogP contribution in [0.2, 0.25) is 0 Å². The second-order valence-corrected chi connectivity index (χ2v) is 27.0. The number of carbonyl (C=O) groups excluding carboxylic acids is 2. The first-order valence-electron chi connectivity index (χ1n) is 31.4. The van der Waals surface area contributed by atoms with Gasteiger partial charge in [-0.3, -0.25) is 9.59 Å². The molecule has 6 aromatic carbocycles. The van der Waals surface area contributed by atoms with Gasteiger partial charge in [0.25, 0.3) is 0 Å².